The topological polar surface area (TPSA) is 38.1 Å². The number of amides is 1. The lowest BCUT2D eigenvalue weighted by molar-refractivity contribution is -0.134. The summed E-state index contributed by atoms with van der Waals surface area (Å²) >= 11 is 0. The van der Waals surface area contributed by atoms with E-state index in [0.717, 1.165) is 24.2 Å². The lowest BCUT2D eigenvalue weighted by atomic mass is 10.0. The van der Waals surface area contributed by atoms with Gasteiger partial charge < -0.3 is 4.90 Å². The lowest BCUT2D eigenvalue weighted by Gasteiger charge is -2.28. The molecular weight excluding hydrogens is 262 g/mol. The van der Waals surface area contributed by atoms with Gasteiger partial charge in [0.2, 0.25) is 5.91 Å². The highest BCUT2D eigenvalue weighted by molar-refractivity contribution is 5.77. The van der Waals surface area contributed by atoms with E-state index in [1.165, 1.54) is 5.56 Å². The van der Waals surface area contributed by atoms with Crippen LogP contribution in [0.5, 0.6) is 0 Å². The molecule has 0 aliphatic heterocycles. The molecule has 0 saturated heterocycles. The highest BCUT2D eigenvalue weighted by Gasteiger charge is 2.23. The summed E-state index contributed by atoms with van der Waals surface area (Å²) in [6, 6.07) is 0.210. The summed E-state index contributed by atoms with van der Waals surface area (Å²) < 4.78 is 1.90. The van der Waals surface area contributed by atoms with Crippen molar-refractivity contribution < 1.29 is 4.79 Å². The largest absolute Gasteiger partial charge is 0.336 e. The van der Waals surface area contributed by atoms with Crippen LogP contribution >= 0.6 is 0 Å². The van der Waals surface area contributed by atoms with Gasteiger partial charge in [0, 0.05) is 37.3 Å². The van der Waals surface area contributed by atoms with E-state index in [1.807, 2.05) is 23.6 Å². The molecule has 1 aliphatic rings. The summed E-state index contributed by atoms with van der Waals surface area (Å²) in [5.41, 5.74) is 3.35. The van der Waals surface area contributed by atoms with E-state index in [9.17, 15) is 4.79 Å². The molecule has 116 valence electrons. The first-order valence-electron chi connectivity index (χ1n) is 7.85. The van der Waals surface area contributed by atoms with E-state index in [0.29, 0.717) is 18.9 Å². The molecule has 4 nitrogen and oxygen atoms in total. The van der Waals surface area contributed by atoms with Gasteiger partial charge >= 0.3 is 0 Å². The molecule has 2 rings (SSSR count). The van der Waals surface area contributed by atoms with Gasteiger partial charge in [-0.1, -0.05) is 12.2 Å². The summed E-state index contributed by atoms with van der Waals surface area (Å²) in [7, 11) is 1.96. The number of carbonyl (C=O) groups is 1. The van der Waals surface area contributed by atoms with Gasteiger partial charge in [-0.25, -0.2) is 0 Å². The van der Waals surface area contributed by atoms with Crippen LogP contribution in [0.1, 0.15) is 50.1 Å². The van der Waals surface area contributed by atoms with Crippen LogP contribution in [0.2, 0.25) is 0 Å². The van der Waals surface area contributed by atoms with Crippen LogP contribution in [0.25, 0.3) is 0 Å². The lowest BCUT2D eigenvalue weighted by Crippen LogP contribution is -2.37. The Balaban J connectivity index is 2.11. The second-order valence-corrected chi connectivity index (χ2v) is 6.36. The fourth-order valence-electron chi connectivity index (χ4n) is 2.98. The zero-order valence-corrected chi connectivity index (χ0v) is 13.9. The number of allylic oxidation sites excluding steroid dienone is 2. The average molecular weight is 289 g/mol. The second-order valence-electron chi connectivity index (χ2n) is 6.36. The van der Waals surface area contributed by atoms with Gasteiger partial charge in [-0.15, -0.1) is 0 Å². The molecule has 0 N–H and O–H groups in total. The minimum atomic E-state index is 0.210. The van der Waals surface area contributed by atoms with Crippen molar-refractivity contribution in [2.24, 2.45) is 13.0 Å². The summed E-state index contributed by atoms with van der Waals surface area (Å²) in [6.45, 7) is 8.92. The predicted molar refractivity (Wildman–Crippen MR) is 84.8 cm³/mol. The maximum atomic E-state index is 12.6. The SMILES string of the molecule is Cc1nn(C)c(C)c1CN(C(=O)C[C@H]1C=CCC1)C(C)C. The summed E-state index contributed by atoms with van der Waals surface area (Å²) in [6.07, 6.45) is 7.24. The Kier molecular flexibility index (Phi) is 4.86. The van der Waals surface area contributed by atoms with E-state index in [4.69, 9.17) is 0 Å². The predicted octanol–water partition coefficient (Wildman–Crippen LogP) is 3.13. The number of nitrogens with zero attached hydrogens (tertiary/aromatic N) is 3. The molecule has 1 amide bonds. The molecule has 0 saturated carbocycles. The first-order valence-corrected chi connectivity index (χ1v) is 7.85. The van der Waals surface area contributed by atoms with E-state index < -0.39 is 0 Å². The van der Waals surface area contributed by atoms with Crippen LogP contribution in [-0.2, 0) is 18.4 Å². The Bertz CT molecular complexity index is 542. The zero-order valence-electron chi connectivity index (χ0n) is 13.9. The number of carbonyl (C=O) groups excluding carboxylic acids is 1. The van der Waals surface area contributed by atoms with Crippen LogP contribution < -0.4 is 0 Å². The summed E-state index contributed by atoms with van der Waals surface area (Å²) in [4.78, 5) is 14.6. The number of aromatic nitrogens is 2. The van der Waals surface area contributed by atoms with Gasteiger partial charge in [0.15, 0.2) is 0 Å². The second kappa shape index (κ2) is 6.46. The molecule has 1 aromatic rings. The Labute approximate surface area is 127 Å². The molecule has 1 aromatic heterocycles. The maximum Gasteiger partial charge on any atom is 0.223 e. The highest BCUT2D eigenvalue weighted by Crippen LogP contribution is 2.23. The van der Waals surface area contributed by atoms with Crippen molar-refractivity contribution in [2.75, 3.05) is 0 Å². The van der Waals surface area contributed by atoms with E-state index in [2.05, 4.69) is 38.0 Å². The molecule has 0 aromatic carbocycles. The van der Waals surface area contributed by atoms with Gasteiger partial charge in [0.05, 0.1) is 5.69 Å². The monoisotopic (exact) mass is 289 g/mol. The van der Waals surface area contributed by atoms with E-state index in [1.54, 1.807) is 0 Å². The van der Waals surface area contributed by atoms with Crippen LogP contribution in [0.15, 0.2) is 12.2 Å². The number of hydrogen-bond donors (Lipinski definition) is 0. The number of rotatable bonds is 5. The third-order valence-electron chi connectivity index (χ3n) is 4.48. The number of aryl methyl sites for hydroxylation is 2. The molecule has 0 spiro atoms. The van der Waals surface area contributed by atoms with Crippen molar-refractivity contribution in [3.63, 3.8) is 0 Å². The molecule has 0 fully saturated rings. The van der Waals surface area contributed by atoms with Crippen LogP contribution in [0.4, 0.5) is 0 Å². The molecule has 1 aliphatic carbocycles. The Morgan fingerprint density at radius 1 is 1.48 bits per heavy atom. The number of hydrogen-bond acceptors (Lipinski definition) is 2. The van der Waals surface area contributed by atoms with Crippen molar-refractivity contribution in [3.8, 4) is 0 Å². The Morgan fingerprint density at radius 2 is 2.19 bits per heavy atom. The van der Waals surface area contributed by atoms with Crippen molar-refractivity contribution in [3.05, 3.63) is 29.1 Å². The first-order chi connectivity index (χ1) is 9.90. The third-order valence-corrected chi connectivity index (χ3v) is 4.48. The maximum absolute atomic E-state index is 12.6. The van der Waals surface area contributed by atoms with Crippen LogP contribution in [0, 0.1) is 19.8 Å². The van der Waals surface area contributed by atoms with E-state index in [-0.39, 0.29) is 11.9 Å². The van der Waals surface area contributed by atoms with Gasteiger partial charge in [-0.2, -0.15) is 5.10 Å². The molecule has 0 radical (unpaired) electrons. The Morgan fingerprint density at radius 3 is 2.67 bits per heavy atom. The van der Waals surface area contributed by atoms with Crippen molar-refractivity contribution in [1.29, 1.82) is 0 Å². The summed E-state index contributed by atoms with van der Waals surface area (Å²) in [5.74, 6) is 0.680. The minimum absolute atomic E-state index is 0.210. The average Bonchev–Trinajstić information content (AvgIpc) is 2.98. The molecule has 1 atom stereocenters. The smallest absolute Gasteiger partial charge is 0.223 e. The van der Waals surface area contributed by atoms with Crippen molar-refractivity contribution in [1.82, 2.24) is 14.7 Å². The Hall–Kier alpha value is -1.58. The summed E-state index contributed by atoms with van der Waals surface area (Å²) in [5, 5.41) is 4.45. The highest BCUT2D eigenvalue weighted by atomic mass is 16.2. The van der Waals surface area contributed by atoms with Gasteiger partial charge in [-0.3, -0.25) is 9.48 Å². The first kappa shape index (κ1) is 15.8. The van der Waals surface area contributed by atoms with Crippen molar-refractivity contribution in [2.45, 2.75) is 59.5 Å². The van der Waals surface area contributed by atoms with Crippen LogP contribution in [-0.4, -0.2) is 26.6 Å². The molecular formula is C17H27N3O. The van der Waals surface area contributed by atoms with Crippen molar-refractivity contribution >= 4 is 5.91 Å². The normalized spacial score (nSPS) is 17.7. The minimum Gasteiger partial charge on any atom is -0.336 e. The van der Waals surface area contributed by atoms with E-state index >= 15 is 0 Å². The fraction of sp³-hybridized carbons (Fsp3) is 0.647. The molecule has 1 heterocycles. The molecule has 4 heteroatoms. The zero-order chi connectivity index (χ0) is 15.6. The van der Waals surface area contributed by atoms with Gasteiger partial charge in [-0.05, 0) is 46.5 Å². The quantitative estimate of drug-likeness (QED) is 0.781. The van der Waals surface area contributed by atoms with Crippen LogP contribution in [0.3, 0.4) is 0 Å². The van der Waals surface area contributed by atoms with Gasteiger partial charge in [0.25, 0.3) is 0 Å². The fourth-order valence-corrected chi connectivity index (χ4v) is 2.98. The molecule has 0 unspecified atom stereocenters. The standard InChI is InChI=1S/C17H27N3O/c1-12(2)20(17(21)10-15-8-6-7-9-15)11-16-13(3)18-19(5)14(16)4/h6,8,12,15H,7,9-11H2,1-5H3/t15-/m0/s1. The third kappa shape index (κ3) is 3.55. The molecule has 0 bridgehead atoms. The molecule has 21 heavy (non-hydrogen) atoms. The van der Waals surface area contributed by atoms with Gasteiger partial charge in [0.1, 0.15) is 0 Å².